The third kappa shape index (κ3) is 3.93. The second kappa shape index (κ2) is 8.18. The molecule has 2 aromatic carbocycles. The molecule has 140 valence electrons. The minimum Gasteiger partial charge on any atom is -0.361 e. The van der Waals surface area contributed by atoms with Crippen molar-refractivity contribution in [2.24, 2.45) is 0 Å². The molecule has 0 spiro atoms. The molecular formula is C20H22N4O2S. The van der Waals surface area contributed by atoms with Gasteiger partial charge in [0.05, 0.1) is 0 Å². The molecule has 0 bridgehead atoms. The molecule has 0 saturated carbocycles. The maximum Gasteiger partial charge on any atom is 0.344 e. The highest BCUT2D eigenvalue weighted by atomic mass is 32.1. The van der Waals surface area contributed by atoms with Crippen LogP contribution in [0.15, 0.2) is 60.7 Å². The molecule has 0 radical (unpaired) electrons. The van der Waals surface area contributed by atoms with Crippen molar-refractivity contribution in [3.05, 3.63) is 71.8 Å². The molecule has 3 N–H and O–H groups in total. The van der Waals surface area contributed by atoms with Crippen molar-refractivity contribution in [2.45, 2.75) is 25.3 Å². The number of hydrogen-bond acceptors (Lipinski definition) is 3. The van der Waals surface area contributed by atoms with E-state index in [2.05, 4.69) is 16.1 Å². The third-order valence-corrected chi connectivity index (χ3v) is 4.88. The average molecular weight is 382 g/mol. The van der Waals surface area contributed by atoms with Gasteiger partial charge in [-0.05, 0) is 36.2 Å². The zero-order valence-corrected chi connectivity index (χ0v) is 15.9. The number of rotatable bonds is 6. The van der Waals surface area contributed by atoms with E-state index in [0.717, 1.165) is 17.0 Å². The minimum absolute atomic E-state index is 0.231. The monoisotopic (exact) mass is 382 g/mol. The first-order chi connectivity index (χ1) is 13.1. The highest BCUT2D eigenvalue weighted by Crippen LogP contribution is 2.31. The fourth-order valence-electron chi connectivity index (χ4n) is 3.14. The Morgan fingerprint density at radius 2 is 1.70 bits per heavy atom. The molecule has 1 saturated heterocycles. The quantitative estimate of drug-likeness (QED) is 0.529. The lowest BCUT2D eigenvalue weighted by atomic mass is 9.87. The lowest BCUT2D eigenvalue weighted by Gasteiger charge is -2.25. The summed E-state index contributed by atoms with van der Waals surface area (Å²) in [6.07, 6.45) is 1.22. The Balaban J connectivity index is 1.62. The van der Waals surface area contributed by atoms with Crippen LogP contribution in [-0.4, -0.2) is 28.6 Å². The summed E-state index contributed by atoms with van der Waals surface area (Å²) < 4.78 is 0. The fraction of sp³-hybridized carbons (Fsp3) is 0.250. The maximum atomic E-state index is 13.0. The highest BCUT2D eigenvalue weighted by molar-refractivity contribution is 7.80. The molecule has 0 aliphatic carbocycles. The third-order valence-electron chi connectivity index (χ3n) is 4.64. The summed E-state index contributed by atoms with van der Waals surface area (Å²) >= 11 is 5.24. The minimum atomic E-state index is -1.08. The molecule has 6 nitrogen and oxygen atoms in total. The van der Waals surface area contributed by atoms with E-state index >= 15 is 0 Å². The van der Waals surface area contributed by atoms with E-state index in [1.807, 2.05) is 67.6 Å². The SMILES string of the molecule is CC[C@@]1(c2ccccc2)NC(=O)N(NC(=S)NCCc2ccccc2)C1=O. The van der Waals surface area contributed by atoms with Gasteiger partial charge in [0.2, 0.25) is 0 Å². The van der Waals surface area contributed by atoms with Crippen LogP contribution in [0.3, 0.4) is 0 Å². The molecule has 2 aromatic rings. The van der Waals surface area contributed by atoms with E-state index in [1.165, 1.54) is 5.56 Å². The number of carbonyl (C=O) groups is 2. The molecule has 3 rings (SSSR count). The van der Waals surface area contributed by atoms with Gasteiger partial charge in [-0.2, -0.15) is 5.01 Å². The zero-order chi connectivity index (χ0) is 19.3. The number of imide groups is 1. The Labute approximate surface area is 163 Å². The van der Waals surface area contributed by atoms with Crippen molar-refractivity contribution in [2.75, 3.05) is 6.54 Å². The average Bonchev–Trinajstić information content (AvgIpc) is 2.94. The molecule has 27 heavy (non-hydrogen) atoms. The van der Waals surface area contributed by atoms with Gasteiger partial charge in [-0.25, -0.2) is 4.79 Å². The van der Waals surface area contributed by atoms with Crippen LogP contribution in [0.2, 0.25) is 0 Å². The van der Waals surface area contributed by atoms with Crippen LogP contribution in [0.25, 0.3) is 0 Å². The van der Waals surface area contributed by atoms with Gasteiger partial charge in [0.25, 0.3) is 5.91 Å². The summed E-state index contributed by atoms with van der Waals surface area (Å²) in [5, 5.41) is 7.02. The van der Waals surface area contributed by atoms with Crippen LogP contribution in [-0.2, 0) is 16.8 Å². The number of benzene rings is 2. The van der Waals surface area contributed by atoms with Gasteiger partial charge < -0.3 is 10.6 Å². The Bertz CT molecular complexity index is 828. The fourth-order valence-corrected chi connectivity index (χ4v) is 3.34. The Morgan fingerprint density at radius 3 is 2.33 bits per heavy atom. The van der Waals surface area contributed by atoms with Crippen LogP contribution in [0.5, 0.6) is 0 Å². The molecule has 1 aliphatic heterocycles. The molecule has 1 heterocycles. The largest absolute Gasteiger partial charge is 0.361 e. The van der Waals surface area contributed by atoms with Gasteiger partial charge >= 0.3 is 6.03 Å². The van der Waals surface area contributed by atoms with Gasteiger partial charge in [0.1, 0.15) is 5.54 Å². The molecule has 1 fully saturated rings. The van der Waals surface area contributed by atoms with E-state index < -0.39 is 11.6 Å². The van der Waals surface area contributed by atoms with Crippen LogP contribution in [0.1, 0.15) is 24.5 Å². The second-order valence-corrected chi connectivity index (χ2v) is 6.71. The van der Waals surface area contributed by atoms with Crippen molar-refractivity contribution >= 4 is 29.3 Å². The topological polar surface area (TPSA) is 73.5 Å². The predicted molar refractivity (Wildman–Crippen MR) is 108 cm³/mol. The molecule has 3 amide bonds. The zero-order valence-electron chi connectivity index (χ0n) is 15.1. The molecule has 7 heteroatoms. The molecule has 0 unspecified atom stereocenters. The van der Waals surface area contributed by atoms with E-state index in [9.17, 15) is 9.59 Å². The lowest BCUT2D eigenvalue weighted by Crippen LogP contribution is -2.51. The summed E-state index contributed by atoms with van der Waals surface area (Å²) in [6.45, 7) is 2.46. The van der Waals surface area contributed by atoms with Gasteiger partial charge in [-0.15, -0.1) is 0 Å². The van der Waals surface area contributed by atoms with Crippen molar-refractivity contribution < 1.29 is 9.59 Å². The van der Waals surface area contributed by atoms with E-state index in [0.29, 0.717) is 13.0 Å². The summed E-state index contributed by atoms with van der Waals surface area (Å²) in [5.41, 5.74) is 3.56. The second-order valence-electron chi connectivity index (χ2n) is 6.30. The summed E-state index contributed by atoms with van der Waals surface area (Å²) in [7, 11) is 0. The maximum absolute atomic E-state index is 13.0. The van der Waals surface area contributed by atoms with E-state index in [1.54, 1.807) is 0 Å². The van der Waals surface area contributed by atoms with Gasteiger partial charge in [0.15, 0.2) is 5.11 Å². The molecule has 1 atom stereocenters. The lowest BCUT2D eigenvalue weighted by molar-refractivity contribution is -0.133. The van der Waals surface area contributed by atoms with Gasteiger partial charge in [-0.1, -0.05) is 67.6 Å². The van der Waals surface area contributed by atoms with Crippen LogP contribution in [0, 0.1) is 0 Å². The number of hydrogen-bond donors (Lipinski definition) is 3. The number of nitrogens with one attached hydrogen (secondary N) is 3. The Hall–Kier alpha value is -2.93. The first-order valence-electron chi connectivity index (χ1n) is 8.87. The highest BCUT2D eigenvalue weighted by Gasteiger charge is 2.51. The van der Waals surface area contributed by atoms with Crippen molar-refractivity contribution in [3.8, 4) is 0 Å². The Morgan fingerprint density at radius 1 is 1.07 bits per heavy atom. The van der Waals surface area contributed by atoms with E-state index in [4.69, 9.17) is 12.2 Å². The summed E-state index contributed by atoms with van der Waals surface area (Å²) in [4.78, 5) is 25.4. The number of amides is 3. The standard InChI is InChI=1S/C20H22N4O2S/c1-2-20(16-11-7-4-8-12-16)17(25)24(19(26)22-20)23-18(27)21-14-13-15-9-5-3-6-10-15/h3-12H,2,13-14H2,1H3,(H,22,26)(H2,21,23,27)/t20-/m0/s1. The number of thiocarbonyl (C=S) groups is 1. The van der Waals surface area contributed by atoms with Crippen molar-refractivity contribution in [3.63, 3.8) is 0 Å². The van der Waals surface area contributed by atoms with Gasteiger partial charge in [0, 0.05) is 6.54 Å². The summed E-state index contributed by atoms with van der Waals surface area (Å²) in [5.74, 6) is -0.367. The summed E-state index contributed by atoms with van der Waals surface area (Å²) in [6, 6.07) is 18.7. The van der Waals surface area contributed by atoms with Crippen LogP contribution in [0.4, 0.5) is 4.79 Å². The van der Waals surface area contributed by atoms with E-state index in [-0.39, 0.29) is 11.0 Å². The van der Waals surface area contributed by atoms with Crippen LogP contribution >= 0.6 is 12.2 Å². The van der Waals surface area contributed by atoms with Crippen molar-refractivity contribution in [1.29, 1.82) is 0 Å². The predicted octanol–water partition coefficient (Wildman–Crippen LogP) is 2.47. The number of carbonyl (C=O) groups excluding carboxylic acids is 2. The number of hydrazine groups is 1. The molecular weight excluding hydrogens is 360 g/mol. The van der Waals surface area contributed by atoms with Gasteiger partial charge in [-0.3, -0.25) is 10.2 Å². The Kier molecular flexibility index (Phi) is 5.71. The number of nitrogens with zero attached hydrogens (tertiary/aromatic N) is 1. The van der Waals surface area contributed by atoms with Crippen molar-refractivity contribution in [1.82, 2.24) is 21.1 Å². The smallest absolute Gasteiger partial charge is 0.344 e. The normalized spacial score (nSPS) is 18.9. The first-order valence-corrected chi connectivity index (χ1v) is 9.28. The number of urea groups is 1. The van der Waals surface area contributed by atoms with Crippen LogP contribution < -0.4 is 16.1 Å². The first kappa shape index (κ1) is 18.8. The molecule has 0 aromatic heterocycles. The molecule has 1 aliphatic rings.